The van der Waals surface area contributed by atoms with E-state index in [4.69, 9.17) is 5.11 Å². The van der Waals surface area contributed by atoms with Crippen LogP contribution in [0.25, 0.3) is 0 Å². The van der Waals surface area contributed by atoms with Gasteiger partial charge in [0.05, 0.1) is 18.3 Å². The highest BCUT2D eigenvalue weighted by Crippen LogP contribution is 2.34. The molecule has 94 valence electrons. The Balaban J connectivity index is 1.84. The van der Waals surface area contributed by atoms with Gasteiger partial charge in [0.2, 0.25) is 0 Å². The quantitative estimate of drug-likeness (QED) is 0.877. The van der Waals surface area contributed by atoms with Gasteiger partial charge in [0.1, 0.15) is 0 Å². The van der Waals surface area contributed by atoms with Crippen molar-refractivity contribution in [2.45, 2.75) is 18.9 Å². The Labute approximate surface area is 107 Å². The van der Waals surface area contributed by atoms with Crippen LogP contribution in [0.2, 0.25) is 0 Å². The lowest BCUT2D eigenvalue weighted by Gasteiger charge is -2.34. The van der Waals surface area contributed by atoms with Crippen LogP contribution in [0.15, 0.2) is 55.0 Å². The maximum atomic E-state index is 8.95. The van der Waals surface area contributed by atoms with Gasteiger partial charge in [-0.15, -0.1) is 0 Å². The fourth-order valence-electron chi connectivity index (χ4n) is 2.08. The van der Waals surface area contributed by atoms with Gasteiger partial charge in [-0.25, -0.2) is 5.01 Å². The fourth-order valence-corrected chi connectivity index (χ4v) is 2.08. The van der Waals surface area contributed by atoms with Gasteiger partial charge < -0.3 is 5.11 Å². The van der Waals surface area contributed by atoms with Crippen molar-refractivity contribution in [3.63, 3.8) is 0 Å². The molecule has 0 aromatic heterocycles. The van der Waals surface area contributed by atoms with Gasteiger partial charge in [0.25, 0.3) is 0 Å². The van der Waals surface area contributed by atoms with Crippen LogP contribution in [0.4, 0.5) is 5.69 Å². The smallest absolute Gasteiger partial charge is 0.0645 e. The molecule has 1 aliphatic heterocycles. The zero-order valence-electron chi connectivity index (χ0n) is 10.2. The summed E-state index contributed by atoms with van der Waals surface area (Å²) in [6.07, 6.45) is 10.3. The lowest BCUT2D eigenvalue weighted by molar-refractivity contribution is 0.0862. The van der Waals surface area contributed by atoms with Crippen LogP contribution in [-0.4, -0.2) is 27.9 Å². The molecule has 0 saturated heterocycles. The van der Waals surface area contributed by atoms with Crippen LogP contribution in [-0.2, 0) is 0 Å². The topological polar surface area (TPSA) is 30.0 Å². The fraction of sp³-hybridized carbons (Fsp3) is 0.286. The van der Waals surface area contributed by atoms with E-state index >= 15 is 0 Å². The van der Waals surface area contributed by atoms with Crippen molar-refractivity contribution in [1.29, 1.82) is 0 Å². The Morgan fingerprint density at radius 2 is 1.94 bits per heavy atom. The minimum absolute atomic E-state index is 0.0532. The zero-order chi connectivity index (χ0) is 12.4. The first-order valence-electron chi connectivity index (χ1n) is 6.27. The first kappa shape index (κ1) is 11.2. The molecule has 4 heteroatoms. The predicted molar refractivity (Wildman–Crippen MR) is 71.0 cm³/mol. The number of aliphatic hydroxyl groups excluding tert-OH is 1. The summed E-state index contributed by atoms with van der Waals surface area (Å²) >= 11 is 0. The van der Waals surface area contributed by atoms with Crippen LogP contribution in [0.1, 0.15) is 12.8 Å². The molecule has 1 saturated carbocycles. The third-order valence-electron chi connectivity index (χ3n) is 3.10. The van der Waals surface area contributed by atoms with Gasteiger partial charge in [-0.3, -0.25) is 5.01 Å². The number of hydrogen-bond acceptors (Lipinski definition) is 4. The Morgan fingerprint density at radius 1 is 1.17 bits per heavy atom. The molecule has 1 N–H and O–H groups in total. The van der Waals surface area contributed by atoms with Crippen molar-refractivity contribution in [3.05, 3.63) is 55.0 Å². The molecule has 18 heavy (non-hydrogen) atoms. The van der Waals surface area contributed by atoms with Gasteiger partial charge >= 0.3 is 0 Å². The van der Waals surface area contributed by atoms with Crippen molar-refractivity contribution < 1.29 is 5.11 Å². The largest absolute Gasteiger partial charge is 0.392 e. The van der Waals surface area contributed by atoms with Crippen LogP contribution in [0.3, 0.4) is 0 Å². The van der Waals surface area contributed by atoms with Crippen molar-refractivity contribution in [2.75, 3.05) is 11.6 Å². The highest BCUT2D eigenvalue weighted by Gasteiger charge is 2.34. The highest BCUT2D eigenvalue weighted by atomic mass is 16.2. The average molecular weight is 243 g/mol. The summed E-state index contributed by atoms with van der Waals surface area (Å²) in [4.78, 5) is 0. The molecule has 0 bridgehead atoms. The molecule has 0 radical (unpaired) electrons. The molecule has 1 aromatic carbocycles. The highest BCUT2D eigenvalue weighted by molar-refractivity contribution is 5.49. The van der Waals surface area contributed by atoms with Crippen molar-refractivity contribution >= 4 is 5.69 Å². The summed E-state index contributed by atoms with van der Waals surface area (Å²) in [5.41, 5.74) is 1.11. The molecule has 0 atom stereocenters. The molecule has 3 rings (SSSR count). The van der Waals surface area contributed by atoms with Gasteiger partial charge in [-0.2, -0.15) is 5.12 Å². The molecule has 2 aliphatic rings. The molecular formula is C14H17N3O. The summed E-state index contributed by atoms with van der Waals surface area (Å²) in [5, 5.41) is 15.3. The van der Waals surface area contributed by atoms with Crippen molar-refractivity contribution in [1.82, 2.24) is 10.1 Å². The van der Waals surface area contributed by atoms with Crippen LogP contribution in [0.5, 0.6) is 0 Å². The number of benzene rings is 1. The van der Waals surface area contributed by atoms with Gasteiger partial charge in [0.15, 0.2) is 0 Å². The number of anilines is 1. The summed E-state index contributed by atoms with van der Waals surface area (Å²) < 4.78 is 0. The third-order valence-corrected chi connectivity index (χ3v) is 3.10. The first-order valence-corrected chi connectivity index (χ1v) is 6.27. The molecular weight excluding hydrogens is 226 g/mol. The summed E-state index contributed by atoms with van der Waals surface area (Å²) in [7, 11) is 0. The Bertz CT molecular complexity index is 453. The van der Waals surface area contributed by atoms with Crippen LogP contribution in [0, 0.1) is 0 Å². The van der Waals surface area contributed by atoms with Gasteiger partial charge in [-0.05, 0) is 31.1 Å². The minimum Gasteiger partial charge on any atom is -0.392 e. The lowest BCUT2D eigenvalue weighted by atomic mass is 10.3. The number of para-hydroxylation sites is 1. The number of nitrogens with zero attached hydrogens (tertiary/aromatic N) is 3. The molecule has 1 aliphatic carbocycles. The van der Waals surface area contributed by atoms with E-state index in [1.165, 1.54) is 12.8 Å². The second-order valence-electron chi connectivity index (χ2n) is 4.48. The molecule has 0 unspecified atom stereocenters. The number of hydrazine groups is 2. The molecule has 1 fully saturated rings. The van der Waals surface area contributed by atoms with E-state index in [1.54, 1.807) is 6.08 Å². The maximum absolute atomic E-state index is 8.95. The van der Waals surface area contributed by atoms with E-state index in [1.807, 2.05) is 29.5 Å². The molecule has 1 aromatic rings. The number of aliphatic hydroxyl groups is 1. The Hall–Kier alpha value is -1.94. The lowest BCUT2D eigenvalue weighted by Crippen LogP contribution is -2.41. The van der Waals surface area contributed by atoms with Crippen molar-refractivity contribution in [3.8, 4) is 0 Å². The second-order valence-corrected chi connectivity index (χ2v) is 4.48. The summed E-state index contributed by atoms with van der Waals surface area (Å²) in [6, 6.07) is 10.8. The standard InChI is InChI=1S/C14H17N3O/c18-12-4-9-17-15(13-5-2-1-3-6-13)10-11-16(17)14-7-8-14/h1-6,9-11,14,18H,7-8,12H2. The maximum Gasteiger partial charge on any atom is 0.0645 e. The molecule has 1 heterocycles. The van der Waals surface area contributed by atoms with E-state index in [9.17, 15) is 0 Å². The first-order chi connectivity index (χ1) is 8.90. The monoisotopic (exact) mass is 243 g/mol. The summed E-state index contributed by atoms with van der Waals surface area (Å²) in [6.45, 7) is 0.0532. The summed E-state index contributed by atoms with van der Waals surface area (Å²) in [5.74, 6) is 0. The average Bonchev–Trinajstić information content (AvgIpc) is 3.18. The number of hydrogen-bond donors (Lipinski definition) is 1. The second kappa shape index (κ2) is 4.74. The van der Waals surface area contributed by atoms with E-state index in [-0.39, 0.29) is 6.61 Å². The normalized spacial score (nSPS) is 19.3. The van der Waals surface area contributed by atoms with E-state index in [2.05, 4.69) is 34.6 Å². The number of rotatable bonds is 4. The zero-order valence-corrected chi connectivity index (χ0v) is 10.2. The van der Waals surface area contributed by atoms with Crippen LogP contribution < -0.4 is 5.01 Å². The van der Waals surface area contributed by atoms with E-state index in [0.717, 1.165) is 5.69 Å². The Kier molecular flexibility index (Phi) is 2.94. The van der Waals surface area contributed by atoms with Crippen LogP contribution >= 0.6 is 0 Å². The Morgan fingerprint density at radius 3 is 2.61 bits per heavy atom. The van der Waals surface area contributed by atoms with E-state index < -0.39 is 0 Å². The van der Waals surface area contributed by atoms with E-state index in [0.29, 0.717) is 6.04 Å². The van der Waals surface area contributed by atoms with Gasteiger partial charge in [-0.1, -0.05) is 18.2 Å². The predicted octanol–water partition coefficient (Wildman–Crippen LogP) is 2.08. The third kappa shape index (κ3) is 2.07. The SMILES string of the molecule is OCC=CN1N(c2ccccc2)C=CN1C1CC1. The molecule has 0 spiro atoms. The molecule has 0 amide bonds. The van der Waals surface area contributed by atoms with Crippen molar-refractivity contribution in [2.24, 2.45) is 0 Å². The molecule has 4 nitrogen and oxygen atoms in total. The minimum atomic E-state index is 0.0532. The van der Waals surface area contributed by atoms with Gasteiger partial charge in [0, 0.05) is 18.6 Å².